The number of H-pyrrole nitrogens is 1. The van der Waals surface area contributed by atoms with Gasteiger partial charge in [-0.1, -0.05) is 12.1 Å². The van der Waals surface area contributed by atoms with Crippen LogP contribution in [0.25, 0.3) is 5.82 Å². The summed E-state index contributed by atoms with van der Waals surface area (Å²) in [4.78, 5) is 23.0. The number of ether oxygens (including phenoxy) is 2. The third-order valence-corrected chi connectivity index (χ3v) is 3.27. The van der Waals surface area contributed by atoms with Gasteiger partial charge in [0.1, 0.15) is 12.1 Å². The van der Waals surface area contributed by atoms with Crippen LogP contribution in [0, 0.1) is 0 Å². The van der Waals surface area contributed by atoms with E-state index in [1.165, 1.54) is 28.6 Å². The van der Waals surface area contributed by atoms with Crippen LogP contribution in [-0.2, 0) is 11.3 Å². The van der Waals surface area contributed by atoms with Crippen molar-refractivity contribution < 1.29 is 14.3 Å². The van der Waals surface area contributed by atoms with E-state index >= 15 is 0 Å². The molecule has 0 amide bonds. The second-order valence-electron chi connectivity index (χ2n) is 4.97. The van der Waals surface area contributed by atoms with Crippen LogP contribution in [0.4, 0.5) is 0 Å². The molecule has 0 aliphatic heterocycles. The molecule has 2 aromatic heterocycles. The van der Waals surface area contributed by atoms with Crippen molar-refractivity contribution in [1.82, 2.24) is 24.5 Å². The number of hydrogen-bond acceptors (Lipinski definition) is 6. The number of rotatable bonds is 5. The predicted molar refractivity (Wildman–Crippen MR) is 83.4 cm³/mol. The van der Waals surface area contributed by atoms with Gasteiger partial charge in [0, 0.05) is 13.0 Å². The lowest BCUT2D eigenvalue weighted by molar-refractivity contribution is -0.132. The van der Waals surface area contributed by atoms with Crippen molar-refractivity contribution in [2.75, 3.05) is 7.11 Å². The first kappa shape index (κ1) is 15.5. The van der Waals surface area contributed by atoms with E-state index in [0.717, 1.165) is 11.3 Å². The largest absolute Gasteiger partial charge is 0.497 e. The molecule has 1 aromatic carbocycles. The Morgan fingerprint density at radius 1 is 1.29 bits per heavy atom. The number of esters is 1. The highest BCUT2D eigenvalue weighted by molar-refractivity contribution is 5.68. The van der Waals surface area contributed by atoms with Crippen LogP contribution in [-0.4, -0.2) is 37.6 Å². The monoisotopic (exact) mass is 329 g/mol. The smallest absolute Gasteiger partial charge is 0.349 e. The van der Waals surface area contributed by atoms with Gasteiger partial charge in [-0.05, 0) is 17.7 Å². The fourth-order valence-electron chi connectivity index (χ4n) is 2.16. The van der Waals surface area contributed by atoms with Crippen molar-refractivity contribution in [3.63, 3.8) is 0 Å². The van der Waals surface area contributed by atoms with Crippen LogP contribution < -0.4 is 15.2 Å². The van der Waals surface area contributed by atoms with E-state index in [4.69, 9.17) is 9.47 Å². The number of carbonyl (C=O) groups is 1. The second kappa shape index (κ2) is 6.41. The van der Waals surface area contributed by atoms with Crippen LogP contribution in [0.1, 0.15) is 12.5 Å². The molecule has 2 heterocycles. The van der Waals surface area contributed by atoms with Crippen LogP contribution in [0.3, 0.4) is 0 Å². The summed E-state index contributed by atoms with van der Waals surface area (Å²) in [6, 6.07) is 8.91. The first-order valence-electron chi connectivity index (χ1n) is 7.08. The first-order chi connectivity index (χ1) is 11.6. The van der Waals surface area contributed by atoms with Gasteiger partial charge in [0.2, 0.25) is 5.88 Å². The standard InChI is InChI=1S/C15H15N5O4/c1-10(21)24-14-7-13(19-9-16-17-15(19)22)18-20(14)8-11-3-5-12(23-2)6-4-11/h3-7,9H,8H2,1-2H3,(H,17,22). The molecule has 3 aromatic rings. The van der Waals surface area contributed by atoms with Crippen molar-refractivity contribution in [3.8, 4) is 17.4 Å². The van der Waals surface area contributed by atoms with E-state index < -0.39 is 11.7 Å². The normalized spacial score (nSPS) is 10.6. The van der Waals surface area contributed by atoms with Crippen molar-refractivity contribution in [1.29, 1.82) is 0 Å². The molecule has 0 bridgehead atoms. The van der Waals surface area contributed by atoms with Gasteiger partial charge < -0.3 is 9.47 Å². The summed E-state index contributed by atoms with van der Waals surface area (Å²) >= 11 is 0. The Balaban J connectivity index is 1.95. The van der Waals surface area contributed by atoms with Crippen LogP contribution in [0.2, 0.25) is 0 Å². The molecule has 0 unspecified atom stereocenters. The molecule has 9 heteroatoms. The summed E-state index contributed by atoms with van der Waals surface area (Å²) < 4.78 is 13.0. The van der Waals surface area contributed by atoms with E-state index in [9.17, 15) is 9.59 Å². The number of methoxy groups -OCH3 is 1. The third kappa shape index (κ3) is 3.19. The molecule has 3 rings (SSSR count). The number of aromatic amines is 1. The van der Waals surface area contributed by atoms with Gasteiger partial charge in [0.05, 0.1) is 13.7 Å². The maximum atomic E-state index is 11.7. The lowest BCUT2D eigenvalue weighted by Gasteiger charge is -2.07. The Morgan fingerprint density at radius 3 is 2.62 bits per heavy atom. The van der Waals surface area contributed by atoms with Crippen molar-refractivity contribution in [2.24, 2.45) is 0 Å². The molecule has 0 saturated heterocycles. The quantitative estimate of drug-likeness (QED) is 0.692. The highest BCUT2D eigenvalue weighted by atomic mass is 16.5. The Bertz CT molecular complexity index is 907. The molecule has 0 saturated carbocycles. The van der Waals surface area contributed by atoms with Gasteiger partial charge in [0.25, 0.3) is 0 Å². The van der Waals surface area contributed by atoms with E-state index in [1.54, 1.807) is 7.11 Å². The van der Waals surface area contributed by atoms with Gasteiger partial charge in [-0.2, -0.15) is 10.2 Å². The minimum absolute atomic E-state index is 0.237. The fourth-order valence-corrected chi connectivity index (χ4v) is 2.16. The van der Waals surface area contributed by atoms with Crippen LogP contribution in [0.15, 0.2) is 41.5 Å². The number of nitrogens with zero attached hydrogens (tertiary/aromatic N) is 4. The van der Waals surface area contributed by atoms with Crippen molar-refractivity contribution in [2.45, 2.75) is 13.5 Å². The number of benzene rings is 1. The molecule has 0 aliphatic rings. The van der Waals surface area contributed by atoms with Gasteiger partial charge in [-0.3, -0.25) is 4.79 Å². The Kier molecular flexibility index (Phi) is 4.15. The summed E-state index contributed by atoms with van der Waals surface area (Å²) in [6.45, 7) is 1.66. The molecule has 0 fully saturated rings. The maximum Gasteiger partial charge on any atom is 0.349 e. The summed E-state index contributed by atoms with van der Waals surface area (Å²) in [5.41, 5.74) is 0.497. The molecular weight excluding hydrogens is 314 g/mol. The number of carbonyl (C=O) groups excluding carboxylic acids is 1. The molecule has 24 heavy (non-hydrogen) atoms. The molecule has 0 atom stereocenters. The van der Waals surface area contributed by atoms with Crippen LogP contribution in [0.5, 0.6) is 11.6 Å². The zero-order valence-corrected chi connectivity index (χ0v) is 13.1. The molecule has 9 nitrogen and oxygen atoms in total. The maximum absolute atomic E-state index is 11.7. The first-order valence-corrected chi connectivity index (χ1v) is 7.08. The average Bonchev–Trinajstić information content (AvgIpc) is 3.14. The molecule has 0 aliphatic carbocycles. The van der Waals surface area contributed by atoms with Gasteiger partial charge in [-0.15, -0.1) is 0 Å². The molecular formula is C15H15N5O4. The zero-order valence-electron chi connectivity index (χ0n) is 13.1. The summed E-state index contributed by atoms with van der Waals surface area (Å²) in [6.07, 6.45) is 1.31. The minimum Gasteiger partial charge on any atom is -0.497 e. The topological polar surface area (TPSA) is 104 Å². The number of nitrogens with one attached hydrogen (secondary N) is 1. The fraction of sp³-hybridized carbons (Fsp3) is 0.200. The number of aromatic nitrogens is 5. The molecule has 0 radical (unpaired) electrons. The van der Waals surface area contributed by atoms with E-state index in [-0.39, 0.29) is 5.88 Å². The van der Waals surface area contributed by atoms with E-state index in [2.05, 4.69) is 15.3 Å². The van der Waals surface area contributed by atoms with Gasteiger partial charge >= 0.3 is 11.7 Å². The lowest BCUT2D eigenvalue weighted by Crippen LogP contribution is -2.15. The highest BCUT2D eigenvalue weighted by Gasteiger charge is 2.14. The second-order valence-corrected chi connectivity index (χ2v) is 4.97. The Labute approximate surface area is 136 Å². The molecule has 0 spiro atoms. The van der Waals surface area contributed by atoms with E-state index in [0.29, 0.717) is 12.4 Å². The zero-order chi connectivity index (χ0) is 17.1. The average molecular weight is 329 g/mol. The third-order valence-electron chi connectivity index (χ3n) is 3.27. The summed E-state index contributed by atoms with van der Waals surface area (Å²) in [7, 11) is 1.59. The van der Waals surface area contributed by atoms with Crippen molar-refractivity contribution >= 4 is 5.97 Å². The Hall–Kier alpha value is -3.36. The highest BCUT2D eigenvalue weighted by Crippen LogP contribution is 2.19. The minimum atomic E-state index is -0.475. The lowest BCUT2D eigenvalue weighted by atomic mass is 10.2. The van der Waals surface area contributed by atoms with Crippen LogP contribution >= 0.6 is 0 Å². The number of hydrogen-bond donors (Lipinski definition) is 1. The summed E-state index contributed by atoms with van der Waals surface area (Å²) in [5, 5.41) is 10.3. The van der Waals surface area contributed by atoms with Gasteiger partial charge in [0.15, 0.2) is 5.82 Å². The SMILES string of the molecule is COc1ccc(Cn2nc(-n3cn[nH]c3=O)cc2OC(C)=O)cc1. The van der Waals surface area contributed by atoms with E-state index in [1.807, 2.05) is 24.3 Å². The Morgan fingerprint density at radius 2 is 2.04 bits per heavy atom. The molecule has 1 N–H and O–H groups in total. The van der Waals surface area contributed by atoms with Gasteiger partial charge in [-0.25, -0.2) is 19.1 Å². The summed E-state index contributed by atoms with van der Waals surface area (Å²) in [5.74, 6) is 0.807. The molecule has 124 valence electrons. The van der Waals surface area contributed by atoms with Crippen molar-refractivity contribution in [3.05, 3.63) is 52.7 Å². The predicted octanol–water partition coefficient (Wildman–Crippen LogP) is 0.739.